The van der Waals surface area contributed by atoms with E-state index in [9.17, 15) is 14.2 Å². The van der Waals surface area contributed by atoms with Crippen LogP contribution in [0.15, 0.2) is 29.2 Å². The first kappa shape index (κ1) is 20.8. The number of anilines is 1. The van der Waals surface area contributed by atoms with E-state index in [1.807, 2.05) is 29.7 Å². The summed E-state index contributed by atoms with van der Waals surface area (Å²) >= 11 is 0. The molecule has 2 saturated carbocycles. The van der Waals surface area contributed by atoms with Gasteiger partial charge in [-0.25, -0.2) is 5.48 Å². The van der Waals surface area contributed by atoms with Gasteiger partial charge in [-0.15, -0.1) is 0 Å². The minimum atomic E-state index is -1.55. The SMILES string of the molecule is O=C(NO)C1(S(=O)c2ccccc2NC2CCCCC2)CCC2(CCNCC2)C1. The number of hydrogen-bond donors (Lipinski definition) is 4. The van der Waals surface area contributed by atoms with Crippen LogP contribution in [0.2, 0.25) is 0 Å². The molecule has 29 heavy (non-hydrogen) atoms. The minimum absolute atomic E-state index is 0.0408. The molecule has 1 amide bonds. The van der Waals surface area contributed by atoms with E-state index in [0.29, 0.717) is 23.8 Å². The topological polar surface area (TPSA) is 90.5 Å². The van der Waals surface area contributed by atoms with Gasteiger partial charge in [0.05, 0.1) is 21.4 Å². The summed E-state index contributed by atoms with van der Waals surface area (Å²) in [5.74, 6) is -0.501. The van der Waals surface area contributed by atoms with E-state index < -0.39 is 21.5 Å². The standard InChI is InChI=1S/C22H33N3O3S/c26-20(25-27)22(11-10-21(16-22)12-14-23-15-13-21)29(28)19-9-5-4-8-18(19)24-17-6-2-1-3-7-17/h4-5,8-9,17,23-24,27H,1-3,6-7,10-16H2,(H,25,26). The highest BCUT2D eigenvalue weighted by atomic mass is 32.2. The molecule has 3 aliphatic rings. The fraction of sp³-hybridized carbons (Fsp3) is 0.682. The highest BCUT2D eigenvalue weighted by Gasteiger charge is 2.56. The average molecular weight is 420 g/mol. The summed E-state index contributed by atoms with van der Waals surface area (Å²) in [5.41, 5.74) is 2.76. The van der Waals surface area contributed by atoms with Crippen molar-refractivity contribution in [1.29, 1.82) is 0 Å². The normalized spacial score (nSPS) is 28.2. The lowest BCUT2D eigenvalue weighted by Crippen LogP contribution is -2.49. The lowest BCUT2D eigenvalue weighted by Gasteiger charge is -2.36. The van der Waals surface area contributed by atoms with E-state index >= 15 is 0 Å². The third kappa shape index (κ3) is 4.09. The molecule has 1 aliphatic heterocycles. The van der Waals surface area contributed by atoms with Crippen molar-refractivity contribution in [2.24, 2.45) is 5.41 Å². The number of nitrogens with one attached hydrogen (secondary N) is 3. The van der Waals surface area contributed by atoms with Crippen molar-refractivity contribution in [2.45, 2.75) is 79.9 Å². The molecule has 7 heteroatoms. The Kier molecular flexibility index (Phi) is 6.27. The number of para-hydroxylation sites is 1. The zero-order valence-corrected chi connectivity index (χ0v) is 17.9. The van der Waals surface area contributed by atoms with Crippen LogP contribution in [0.1, 0.15) is 64.2 Å². The molecule has 0 bridgehead atoms. The molecule has 6 nitrogen and oxygen atoms in total. The predicted molar refractivity (Wildman–Crippen MR) is 114 cm³/mol. The molecule has 2 aliphatic carbocycles. The molecule has 1 spiro atoms. The van der Waals surface area contributed by atoms with Gasteiger partial charge < -0.3 is 10.6 Å². The fourth-order valence-corrected chi connectivity index (χ4v) is 7.49. The summed E-state index contributed by atoms with van der Waals surface area (Å²) in [4.78, 5) is 13.6. The van der Waals surface area contributed by atoms with Crippen molar-refractivity contribution in [3.8, 4) is 0 Å². The van der Waals surface area contributed by atoms with Crippen molar-refractivity contribution in [3.63, 3.8) is 0 Å². The van der Waals surface area contributed by atoms with Gasteiger partial charge in [-0.3, -0.25) is 14.2 Å². The van der Waals surface area contributed by atoms with Gasteiger partial charge in [0.2, 0.25) is 0 Å². The first-order valence-electron chi connectivity index (χ1n) is 11.0. The Morgan fingerprint density at radius 3 is 2.52 bits per heavy atom. The highest BCUT2D eigenvalue weighted by Crippen LogP contribution is 2.53. The van der Waals surface area contributed by atoms with Gasteiger partial charge >= 0.3 is 0 Å². The van der Waals surface area contributed by atoms with Gasteiger partial charge in [-0.1, -0.05) is 31.4 Å². The zero-order valence-electron chi connectivity index (χ0n) is 17.0. The van der Waals surface area contributed by atoms with Crippen molar-refractivity contribution >= 4 is 22.4 Å². The van der Waals surface area contributed by atoms with Crippen molar-refractivity contribution in [2.75, 3.05) is 18.4 Å². The number of amides is 1. The lowest BCUT2D eigenvalue weighted by atomic mass is 9.77. The number of hydroxylamine groups is 1. The fourth-order valence-electron chi connectivity index (χ4n) is 5.60. The van der Waals surface area contributed by atoms with Crippen LogP contribution >= 0.6 is 0 Å². The van der Waals surface area contributed by atoms with Crippen molar-refractivity contribution in [1.82, 2.24) is 10.8 Å². The maximum absolute atomic E-state index is 13.9. The Hall–Kier alpha value is -1.44. The zero-order chi connectivity index (χ0) is 20.3. The maximum atomic E-state index is 13.9. The minimum Gasteiger partial charge on any atom is -0.381 e. The number of benzene rings is 1. The molecule has 4 N–H and O–H groups in total. The Labute approximate surface area is 175 Å². The molecule has 2 atom stereocenters. The number of rotatable bonds is 5. The van der Waals surface area contributed by atoms with E-state index in [0.717, 1.165) is 50.9 Å². The van der Waals surface area contributed by atoms with Crippen LogP contribution in [0.5, 0.6) is 0 Å². The molecular formula is C22H33N3O3S. The van der Waals surface area contributed by atoms with Gasteiger partial charge in [0.1, 0.15) is 4.75 Å². The van der Waals surface area contributed by atoms with Crippen LogP contribution in [-0.4, -0.2) is 39.2 Å². The predicted octanol–water partition coefficient (Wildman–Crippen LogP) is 3.34. The molecular weight excluding hydrogens is 386 g/mol. The van der Waals surface area contributed by atoms with Crippen molar-refractivity contribution < 1.29 is 14.2 Å². The third-order valence-electron chi connectivity index (χ3n) is 7.31. The summed E-state index contributed by atoms with van der Waals surface area (Å²) in [6, 6.07) is 8.08. The summed E-state index contributed by atoms with van der Waals surface area (Å²) in [6.07, 6.45) is 9.95. The number of carbonyl (C=O) groups excluding carboxylic acids is 1. The van der Waals surface area contributed by atoms with Crippen molar-refractivity contribution in [3.05, 3.63) is 24.3 Å². The van der Waals surface area contributed by atoms with E-state index in [2.05, 4.69) is 10.6 Å². The van der Waals surface area contributed by atoms with E-state index in [4.69, 9.17) is 0 Å². The van der Waals surface area contributed by atoms with E-state index in [1.54, 1.807) is 0 Å². The van der Waals surface area contributed by atoms with Crippen LogP contribution < -0.4 is 16.1 Å². The summed E-state index contributed by atoms with van der Waals surface area (Å²) in [5, 5.41) is 16.5. The van der Waals surface area contributed by atoms with Gasteiger partial charge in [0, 0.05) is 6.04 Å². The van der Waals surface area contributed by atoms with Crippen LogP contribution in [0.4, 0.5) is 5.69 Å². The first-order chi connectivity index (χ1) is 14.1. The Morgan fingerprint density at radius 2 is 1.79 bits per heavy atom. The monoisotopic (exact) mass is 419 g/mol. The van der Waals surface area contributed by atoms with Gasteiger partial charge in [0.15, 0.2) is 0 Å². The molecule has 1 aromatic rings. The molecule has 4 rings (SSSR count). The van der Waals surface area contributed by atoms with Gasteiger partial charge in [0.25, 0.3) is 5.91 Å². The Balaban J connectivity index is 1.63. The quantitative estimate of drug-likeness (QED) is 0.434. The molecule has 0 radical (unpaired) electrons. The van der Waals surface area contributed by atoms with Crippen LogP contribution in [0, 0.1) is 5.41 Å². The summed E-state index contributed by atoms with van der Waals surface area (Å²) < 4.78 is 12.9. The second-order valence-electron chi connectivity index (χ2n) is 9.11. The highest BCUT2D eigenvalue weighted by molar-refractivity contribution is 7.87. The largest absolute Gasteiger partial charge is 0.381 e. The third-order valence-corrected chi connectivity index (χ3v) is 9.30. The second-order valence-corrected chi connectivity index (χ2v) is 10.9. The van der Waals surface area contributed by atoms with Gasteiger partial charge in [-0.2, -0.15) is 0 Å². The molecule has 160 valence electrons. The second kappa shape index (κ2) is 8.74. The number of hydrogen-bond acceptors (Lipinski definition) is 5. The Morgan fingerprint density at radius 1 is 1.07 bits per heavy atom. The number of piperidine rings is 1. The lowest BCUT2D eigenvalue weighted by molar-refractivity contribution is -0.132. The summed E-state index contributed by atoms with van der Waals surface area (Å²) in [7, 11) is -1.55. The molecule has 2 unspecified atom stereocenters. The molecule has 1 heterocycles. The summed E-state index contributed by atoms with van der Waals surface area (Å²) in [6.45, 7) is 1.87. The average Bonchev–Trinajstić information content (AvgIpc) is 3.14. The molecule has 1 saturated heterocycles. The van der Waals surface area contributed by atoms with E-state index in [-0.39, 0.29) is 5.41 Å². The molecule has 3 fully saturated rings. The number of carbonyl (C=O) groups is 1. The Bertz CT molecular complexity index is 759. The van der Waals surface area contributed by atoms with Crippen LogP contribution in [-0.2, 0) is 15.6 Å². The van der Waals surface area contributed by atoms with Crippen LogP contribution in [0.25, 0.3) is 0 Å². The molecule has 0 aromatic heterocycles. The molecule has 1 aromatic carbocycles. The van der Waals surface area contributed by atoms with E-state index in [1.165, 1.54) is 19.3 Å². The first-order valence-corrected chi connectivity index (χ1v) is 12.2. The smallest absolute Gasteiger partial charge is 0.262 e. The van der Waals surface area contributed by atoms with Crippen LogP contribution in [0.3, 0.4) is 0 Å². The maximum Gasteiger partial charge on any atom is 0.262 e. The van der Waals surface area contributed by atoms with Gasteiger partial charge in [-0.05, 0) is 75.6 Å².